The standard InChI is InChI=1S/C10H8FN3O/c11-7-1-3-9(4-2-7)14-6-8(12)5-13-10(14)15/h1-6H,12H2. The Balaban J connectivity index is 2.58. The van der Waals surface area contributed by atoms with Gasteiger partial charge in [-0.15, -0.1) is 0 Å². The first-order valence-electron chi connectivity index (χ1n) is 4.27. The second-order valence-corrected chi connectivity index (χ2v) is 3.02. The van der Waals surface area contributed by atoms with Gasteiger partial charge in [-0.2, -0.15) is 4.98 Å². The van der Waals surface area contributed by atoms with Gasteiger partial charge in [0.1, 0.15) is 5.82 Å². The number of hydrogen-bond acceptors (Lipinski definition) is 3. The van der Waals surface area contributed by atoms with Crippen LogP contribution in [0, 0.1) is 5.82 Å². The molecule has 5 heteroatoms. The van der Waals surface area contributed by atoms with Gasteiger partial charge in [-0.25, -0.2) is 9.18 Å². The summed E-state index contributed by atoms with van der Waals surface area (Å²) in [4.78, 5) is 14.9. The van der Waals surface area contributed by atoms with E-state index in [9.17, 15) is 9.18 Å². The summed E-state index contributed by atoms with van der Waals surface area (Å²) in [5.41, 5.74) is 5.95. The van der Waals surface area contributed by atoms with Gasteiger partial charge in [0, 0.05) is 6.20 Å². The molecule has 0 amide bonds. The van der Waals surface area contributed by atoms with Crippen LogP contribution in [0.5, 0.6) is 0 Å². The molecule has 0 atom stereocenters. The predicted molar refractivity (Wildman–Crippen MR) is 54.2 cm³/mol. The molecule has 0 radical (unpaired) electrons. The van der Waals surface area contributed by atoms with Gasteiger partial charge in [-0.3, -0.25) is 4.57 Å². The van der Waals surface area contributed by atoms with Gasteiger partial charge in [0.25, 0.3) is 0 Å². The van der Waals surface area contributed by atoms with E-state index in [2.05, 4.69) is 4.98 Å². The Bertz CT molecular complexity index is 533. The van der Waals surface area contributed by atoms with Gasteiger partial charge in [0.05, 0.1) is 17.6 Å². The van der Waals surface area contributed by atoms with Gasteiger partial charge >= 0.3 is 5.69 Å². The molecule has 0 aliphatic rings. The molecule has 76 valence electrons. The Kier molecular flexibility index (Phi) is 2.21. The quantitative estimate of drug-likeness (QED) is 0.754. The van der Waals surface area contributed by atoms with E-state index >= 15 is 0 Å². The number of benzene rings is 1. The zero-order valence-electron chi connectivity index (χ0n) is 7.72. The van der Waals surface area contributed by atoms with Gasteiger partial charge < -0.3 is 5.73 Å². The number of nitrogen functional groups attached to an aromatic ring is 1. The summed E-state index contributed by atoms with van der Waals surface area (Å²) in [5.74, 6) is -0.358. The number of hydrogen-bond donors (Lipinski definition) is 1. The Morgan fingerprint density at radius 2 is 1.93 bits per heavy atom. The maximum Gasteiger partial charge on any atom is 0.352 e. The van der Waals surface area contributed by atoms with E-state index < -0.39 is 5.69 Å². The molecule has 0 aliphatic carbocycles. The van der Waals surface area contributed by atoms with Crippen LogP contribution >= 0.6 is 0 Å². The minimum Gasteiger partial charge on any atom is -0.396 e. The molecular formula is C10H8FN3O. The fourth-order valence-electron chi connectivity index (χ4n) is 1.22. The third kappa shape index (κ3) is 1.85. The van der Waals surface area contributed by atoms with E-state index in [0.717, 1.165) is 0 Å². The molecule has 0 saturated heterocycles. The number of anilines is 1. The largest absolute Gasteiger partial charge is 0.396 e. The molecule has 1 aromatic carbocycles. The molecule has 0 aliphatic heterocycles. The van der Waals surface area contributed by atoms with Crippen LogP contribution < -0.4 is 11.4 Å². The third-order valence-corrected chi connectivity index (χ3v) is 1.91. The minimum atomic E-state index is -0.448. The van der Waals surface area contributed by atoms with E-state index in [4.69, 9.17) is 5.73 Å². The zero-order chi connectivity index (χ0) is 10.8. The highest BCUT2D eigenvalue weighted by atomic mass is 19.1. The van der Waals surface area contributed by atoms with E-state index in [1.807, 2.05) is 0 Å². The van der Waals surface area contributed by atoms with Gasteiger partial charge in [-0.05, 0) is 24.3 Å². The molecule has 2 rings (SSSR count). The highest BCUT2D eigenvalue weighted by Crippen LogP contribution is 2.07. The Hall–Kier alpha value is -2.17. The van der Waals surface area contributed by atoms with Crippen LogP contribution in [-0.2, 0) is 0 Å². The Morgan fingerprint density at radius 3 is 2.60 bits per heavy atom. The smallest absolute Gasteiger partial charge is 0.352 e. The molecule has 0 spiro atoms. The van der Waals surface area contributed by atoms with Crippen molar-refractivity contribution in [2.75, 3.05) is 5.73 Å². The lowest BCUT2D eigenvalue weighted by Crippen LogP contribution is -2.20. The molecule has 2 aromatic rings. The van der Waals surface area contributed by atoms with Crippen molar-refractivity contribution in [1.82, 2.24) is 9.55 Å². The number of halogens is 1. The highest BCUT2D eigenvalue weighted by Gasteiger charge is 2.00. The van der Waals surface area contributed by atoms with Crippen LogP contribution in [0.2, 0.25) is 0 Å². The first-order valence-corrected chi connectivity index (χ1v) is 4.27. The maximum absolute atomic E-state index is 12.7. The van der Waals surface area contributed by atoms with Crippen molar-refractivity contribution in [3.8, 4) is 5.69 Å². The molecule has 2 N–H and O–H groups in total. The van der Waals surface area contributed by atoms with Crippen molar-refractivity contribution in [2.24, 2.45) is 0 Å². The molecule has 1 heterocycles. The molecular weight excluding hydrogens is 197 g/mol. The summed E-state index contributed by atoms with van der Waals surface area (Å²) < 4.78 is 13.9. The van der Waals surface area contributed by atoms with Crippen molar-refractivity contribution in [3.05, 3.63) is 53.0 Å². The Labute approximate surface area is 84.8 Å². The average molecular weight is 205 g/mol. The number of nitrogens with zero attached hydrogens (tertiary/aromatic N) is 2. The van der Waals surface area contributed by atoms with Crippen LogP contribution in [-0.4, -0.2) is 9.55 Å². The fraction of sp³-hybridized carbons (Fsp3) is 0. The summed E-state index contributed by atoms with van der Waals surface area (Å²) in [5, 5.41) is 0. The SMILES string of the molecule is Nc1cnc(=O)n(-c2ccc(F)cc2)c1. The van der Waals surface area contributed by atoms with Crippen molar-refractivity contribution < 1.29 is 4.39 Å². The van der Waals surface area contributed by atoms with E-state index in [0.29, 0.717) is 11.4 Å². The summed E-state index contributed by atoms with van der Waals surface area (Å²) in [6.45, 7) is 0. The van der Waals surface area contributed by atoms with Gasteiger partial charge in [0.15, 0.2) is 0 Å². The monoisotopic (exact) mass is 205 g/mol. The van der Waals surface area contributed by atoms with Crippen LogP contribution in [0.1, 0.15) is 0 Å². The molecule has 0 unspecified atom stereocenters. The maximum atomic E-state index is 12.7. The summed E-state index contributed by atoms with van der Waals surface area (Å²) in [6, 6.07) is 5.51. The summed E-state index contributed by atoms with van der Waals surface area (Å²) in [6.07, 6.45) is 2.73. The van der Waals surface area contributed by atoms with Gasteiger partial charge in [-0.1, -0.05) is 0 Å². The van der Waals surface area contributed by atoms with Crippen molar-refractivity contribution in [1.29, 1.82) is 0 Å². The molecule has 1 aromatic heterocycles. The van der Waals surface area contributed by atoms with Crippen molar-refractivity contribution in [2.45, 2.75) is 0 Å². The minimum absolute atomic E-state index is 0.358. The van der Waals surface area contributed by atoms with Gasteiger partial charge in [0.2, 0.25) is 0 Å². The van der Waals surface area contributed by atoms with Crippen LogP contribution in [0.15, 0.2) is 41.5 Å². The normalized spacial score (nSPS) is 10.2. The highest BCUT2D eigenvalue weighted by molar-refractivity contribution is 5.37. The first-order chi connectivity index (χ1) is 7.16. The second-order valence-electron chi connectivity index (χ2n) is 3.02. The van der Waals surface area contributed by atoms with Crippen LogP contribution in [0.3, 0.4) is 0 Å². The zero-order valence-corrected chi connectivity index (χ0v) is 7.72. The van der Waals surface area contributed by atoms with E-state index in [-0.39, 0.29) is 5.82 Å². The Morgan fingerprint density at radius 1 is 1.27 bits per heavy atom. The lowest BCUT2D eigenvalue weighted by atomic mass is 10.3. The van der Waals surface area contributed by atoms with Crippen LogP contribution in [0.4, 0.5) is 10.1 Å². The van der Waals surface area contributed by atoms with Crippen molar-refractivity contribution in [3.63, 3.8) is 0 Å². The topological polar surface area (TPSA) is 60.9 Å². The van der Waals surface area contributed by atoms with Crippen molar-refractivity contribution >= 4 is 5.69 Å². The molecule has 4 nitrogen and oxygen atoms in total. The van der Waals surface area contributed by atoms with E-state index in [1.165, 1.54) is 41.2 Å². The molecule has 0 saturated carbocycles. The number of nitrogens with two attached hydrogens (primary N) is 1. The lowest BCUT2D eigenvalue weighted by molar-refractivity contribution is 0.627. The lowest BCUT2D eigenvalue weighted by Gasteiger charge is -2.04. The first kappa shape index (κ1) is 9.39. The number of rotatable bonds is 1. The molecule has 0 fully saturated rings. The third-order valence-electron chi connectivity index (χ3n) is 1.91. The molecule has 15 heavy (non-hydrogen) atoms. The fourth-order valence-corrected chi connectivity index (χ4v) is 1.22. The average Bonchev–Trinajstić information content (AvgIpc) is 2.23. The second kappa shape index (κ2) is 3.53. The summed E-state index contributed by atoms with van der Waals surface area (Å²) in [7, 11) is 0. The number of aromatic nitrogens is 2. The van der Waals surface area contributed by atoms with Crippen LogP contribution in [0.25, 0.3) is 5.69 Å². The summed E-state index contributed by atoms with van der Waals surface area (Å²) >= 11 is 0. The molecule has 0 bridgehead atoms. The predicted octanol–water partition coefficient (Wildman–Crippen LogP) is 0.954. The van der Waals surface area contributed by atoms with E-state index in [1.54, 1.807) is 0 Å².